The summed E-state index contributed by atoms with van der Waals surface area (Å²) in [6.07, 6.45) is 0.198. The standard InChI is InChI=1S/C17H21N3O4/c1-9(21)2-4-12(17(19)24)14-15(22)11-5-3-10(20-7-6-18)8-13(11)16(14)23/h3,5,8,12,14,20H,2,4,6-7,18H2,1H3,(H2,19,24). The van der Waals surface area contributed by atoms with Crippen LogP contribution in [0.15, 0.2) is 18.2 Å². The van der Waals surface area contributed by atoms with Crippen molar-refractivity contribution in [2.24, 2.45) is 23.3 Å². The first-order valence-electron chi connectivity index (χ1n) is 7.82. The Morgan fingerprint density at radius 2 is 1.88 bits per heavy atom. The largest absolute Gasteiger partial charge is 0.384 e. The van der Waals surface area contributed by atoms with Crippen molar-refractivity contribution in [1.29, 1.82) is 0 Å². The smallest absolute Gasteiger partial charge is 0.221 e. The van der Waals surface area contributed by atoms with Gasteiger partial charge in [-0.2, -0.15) is 0 Å². The topological polar surface area (TPSA) is 132 Å². The van der Waals surface area contributed by atoms with E-state index < -0.39 is 29.3 Å². The Bertz CT molecular complexity index is 699. The van der Waals surface area contributed by atoms with E-state index in [2.05, 4.69) is 5.32 Å². The van der Waals surface area contributed by atoms with Crippen LogP contribution in [-0.2, 0) is 9.59 Å². The highest BCUT2D eigenvalue weighted by Gasteiger charge is 2.45. The number of carbonyl (C=O) groups excluding carboxylic acids is 4. The van der Waals surface area contributed by atoms with Crippen molar-refractivity contribution < 1.29 is 19.2 Å². The maximum atomic E-state index is 12.7. The molecule has 1 amide bonds. The molecule has 128 valence electrons. The maximum absolute atomic E-state index is 12.7. The first-order chi connectivity index (χ1) is 11.4. The normalized spacial score (nSPS) is 17.5. The molecule has 0 spiro atoms. The molecule has 7 heteroatoms. The van der Waals surface area contributed by atoms with Gasteiger partial charge in [0.25, 0.3) is 0 Å². The molecule has 1 aliphatic carbocycles. The number of amides is 1. The van der Waals surface area contributed by atoms with Crippen molar-refractivity contribution in [2.45, 2.75) is 19.8 Å². The molecular formula is C17H21N3O4. The second kappa shape index (κ2) is 7.35. The fourth-order valence-electron chi connectivity index (χ4n) is 2.94. The summed E-state index contributed by atoms with van der Waals surface area (Å²) in [5.74, 6) is -3.79. The van der Waals surface area contributed by atoms with Crippen molar-refractivity contribution in [2.75, 3.05) is 18.4 Å². The van der Waals surface area contributed by atoms with Gasteiger partial charge >= 0.3 is 0 Å². The third-order valence-corrected chi connectivity index (χ3v) is 4.16. The van der Waals surface area contributed by atoms with Gasteiger partial charge in [-0.3, -0.25) is 14.4 Å². The van der Waals surface area contributed by atoms with Gasteiger partial charge in [0.1, 0.15) is 5.78 Å². The first kappa shape index (κ1) is 17.8. The Morgan fingerprint density at radius 3 is 2.46 bits per heavy atom. The van der Waals surface area contributed by atoms with Crippen molar-refractivity contribution in [3.63, 3.8) is 0 Å². The zero-order valence-corrected chi connectivity index (χ0v) is 13.5. The van der Waals surface area contributed by atoms with Gasteiger partial charge in [0.2, 0.25) is 5.91 Å². The molecule has 0 saturated heterocycles. The number of fused-ring (bicyclic) bond motifs is 1. The quantitative estimate of drug-likeness (QED) is 0.595. The number of ketones is 3. The molecule has 7 nitrogen and oxygen atoms in total. The molecule has 0 aliphatic heterocycles. The molecule has 2 unspecified atom stereocenters. The minimum atomic E-state index is -1.14. The molecule has 24 heavy (non-hydrogen) atoms. The molecule has 2 rings (SSSR count). The van der Waals surface area contributed by atoms with E-state index in [1.807, 2.05) is 0 Å². The van der Waals surface area contributed by atoms with E-state index in [4.69, 9.17) is 11.5 Å². The zero-order valence-electron chi connectivity index (χ0n) is 13.5. The summed E-state index contributed by atoms with van der Waals surface area (Å²) in [6, 6.07) is 4.85. The molecule has 5 N–H and O–H groups in total. The Balaban J connectivity index is 2.30. The molecule has 0 aromatic heterocycles. The van der Waals surface area contributed by atoms with Crippen LogP contribution in [0.5, 0.6) is 0 Å². The van der Waals surface area contributed by atoms with Crippen LogP contribution in [0.1, 0.15) is 40.5 Å². The molecule has 0 radical (unpaired) electrons. The summed E-state index contributed by atoms with van der Waals surface area (Å²) in [4.78, 5) is 48.1. The van der Waals surface area contributed by atoms with E-state index in [1.54, 1.807) is 18.2 Å². The number of carbonyl (C=O) groups is 4. The van der Waals surface area contributed by atoms with Crippen molar-refractivity contribution in [1.82, 2.24) is 0 Å². The number of hydrogen-bond donors (Lipinski definition) is 3. The Morgan fingerprint density at radius 1 is 1.21 bits per heavy atom. The van der Waals surface area contributed by atoms with Crippen LogP contribution >= 0.6 is 0 Å². The van der Waals surface area contributed by atoms with Crippen LogP contribution in [0, 0.1) is 11.8 Å². The Labute approximate surface area is 139 Å². The van der Waals surface area contributed by atoms with E-state index in [9.17, 15) is 19.2 Å². The van der Waals surface area contributed by atoms with Crippen LogP contribution in [-0.4, -0.2) is 36.3 Å². The lowest BCUT2D eigenvalue weighted by molar-refractivity contribution is -0.123. The SMILES string of the molecule is CC(=O)CCC(C(N)=O)C1C(=O)c2ccc(NCCN)cc2C1=O. The molecule has 0 heterocycles. The average molecular weight is 331 g/mol. The molecule has 1 aromatic rings. The highest BCUT2D eigenvalue weighted by atomic mass is 16.2. The summed E-state index contributed by atoms with van der Waals surface area (Å²) in [7, 11) is 0. The highest BCUT2D eigenvalue weighted by Crippen LogP contribution is 2.35. The van der Waals surface area contributed by atoms with Crippen LogP contribution < -0.4 is 16.8 Å². The number of hydrogen-bond acceptors (Lipinski definition) is 6. The van der Waals surface area contributed by atoms with Gasteiger partial charge < -0.3 is 21.6 Å². The number of Topliss-reactive ketones (excluding diaryl/α,β-unsaturated/α-hetero) is 3. The number of benzene rings is 1. The van der Waals surface area contributed by atoms with Crippen LogP contribution in [0.2, 0.25) is 0 Å². The average Bonchev–Trinajstić information content (AvgIpc) is 2.77. The zero-order chi connectivity index (χ0) is 17.9. The lowest BCUT2D eigenvalue weighted by Crippen LogP contribution is -2.36. The van der Waals surface area contributed by atoms with E-state index in [0.29, 0.717) is 18.8 Å². The number of nitrogens with two attached hydrogens (primary N) is 2. The highest BCUT2D eigenvalue weighted by molar-refractivity contribution is 6.28. The summed E-state index contributed by atoms with van der Waals surface area (Å²) in [6.45, 7) is 2.36. The lowest BCUT2D eigenvalue weighted by Gasteiger charge is -2.17. The van der Waals surface area contributed by atoms with E-state index in [1.165, 1.54) is 6.92 Å². The second-order valence-corrected chi connectivity index (χ2v) is 5.93. The Hall–Kier alpha value is -2.54. The molecule has 1 aromatic carbocycles. The number of rotatable bonds is 8. The van der Waals surface area contributed by atoms with Crippen LogP contribution in [0.3, 0.4) is 0 Å². The Kier molecular flexibility index (Phi) is 5.46. The second-order valence-electron chi connectivity index (χ2n) is 5.93. The summed E-state index contributed by atoms with van der Waals surface area (Å²) in [5.41, 5.74) is 12.1. The van der Waals surface area contributed by atoms with Gasteiger partial charge in [0.05, 0.1) is 11.8 Å². The summed E-state index contributed by atoms with van der Waals surface area (Å²) >= 11 is 0. The molecule has 0 saturated carbocycles. The third kappa shape index (κ3) is 3.51. The minimum Gasteiger partial charge on any atom is -0.384 e. The number of anilines is 1. The van der Waals surface area contributed by atoms with Gasteiger partial charge in [-0.25, -0.2) is 0 Å². The fourth-order valence-corrected chi connectivity index (χ4v) is 2.94. The van der Waals surface area contributed by atoms with Crippen molar-refractivity contribution in [3.05, 3.63) is 29.3 Å². The monoisotopic (exact) mass is 331 g/mol. The molecular weight excluding hydrogens is 310 g/mol. The van der Waals surface area contributed by atoms with E-state index in [-0.39, 0.29) is 29.8 Å². The van der Waals surface area contributed by atoms with Crippen LogP contribution in [0.25, 0.3) is 0 Å². The summed E-state index contributed by atoms with van der Waals surface area (Å²) in [5, 5.41) is 3.04. The minimum absolute atomic E-state index is 0.0963. The molecule has 0 fully saturated rings. The van der Waals surface area contributed by atoms with Gasteiger partial charge in [0.15, 0.2) is 11.6 Å². The molecule has 2 atom stereocenters. The van der Waals surface area contributed by atoms with E-state index in [0.717, 1.165) is 0 Å². The predicted octanol–water partition coefficient (Wildman–Crippen LogP) is 0.523. The van der Waals surface area contributed by atoms with Gasteiger partial charge in [-0.1, -0.05) is 0 Å². The summed E-state index contributed by atoms with van der Waals surface area (Å²) < 4.78 is 0. The van der Waals surface area contributed by atoms with Gasteiger partial charge in [0, 0.05) is 36.3 Å². The number of primary amides is 1. The predicted molar refractivity (Wildman–Crippen MR) is 88.7 cm³/mol. The first-order valence-corrected chi connectivity index (χ1v) is 7.82. The maximum Gasteiger partial charge on any atom is 0.221 e. The lowest BCUT2D eigenvalue weighted by atomic mass is 9.84. The van der Waals surface area contributed by atoms with E-state index >= 15 is 0 Å². The van der Waals surface area contributed by atoms with Crippen LogP contribution in [0.4, 0.5) is 5.69 Å². The van der Waals surface area contributed by atoms with Gasteiger partial charge in [-0.05, 0) is 31.5 Å². The molecule has 0 bridgehead atoms. The van der Waals surface area contributed by atoms with Crippen molar-refractivity contribution >= 4 is 28.9 Å². The number of nitrogens with one attached hydrogen (secondary N) is 1. The van der Waals surface area contributed by atoms with Gasteiger partial charge in [-0.15, -0.1) is 0 Å². The third-order valence-electron chi connectivity index (χ3n) is 4.16. The molecule has 1 aliphatic rings. The fraction of sp³-hybridized carbons (Fsp3) is 0.412. The van der Waals surface area contributed by atoms with Crippen molar-refractivity contribution in [3.8, 4) is 0 Å².